The molecule has 0 aliphatic heterocycles. The van der Waals surface area contributed by atoms with Gasteiger partial charge in [-0.25, -0.2) is 8.78 Å². The van der Waals surface area contributed by atoms with Crippen molar-refractivity contribution in [2.24, 2.45) is 0 Å². The first-order valence-electron chi connectivity index (χ1n) is 5.11. The molecule has 0 atom stereocenters. The summed E-state index contributed by atoms with van der Waals surface area (Å²) in [4.78, 5) is 12.4. The SMILES string of the molecule is O=C(Nc1cc(F)cc(F)c1)c1cccc(S)c1. The number of nitrogens with one attached hydrogen (secondary N) is 1. The van der Waals surface area contributed by atoms with Crippen molar-refractivity contribution in [2.45, 2.75) is 4.90 Å². The van der Waals surface area contributed by atoms with Crippen molar-refractivity contribution < 1.29 is 13.6 Å². The average molecular weight is 265 g/mol. The summed E-state index contributed by atoms with van der Waals surface area (Å²) in [6.07, 6.45) is 0. The van der Waals surface area contributed by atoms with Crippen molar-refractivity contribution in [3.8, 4) is 0 Å². The summed E-state index contributed by atoms with van der Waals surface area (Å²) in [5.74, 6) is -1.93. The molecule has 2 aromatic rings. The van der Waals surface area contributed by atoms with E-state index in [2.05, 4.69) is 17.9 Å². The summed E-state index contributed by atoms with van der Waals surface area (Å²) in [5.41, 5.74) is 0.439. The molecular formula is C13H9F2NOS. The molecule has 1 amide bonds. The molecular weight excluding hydrogens is 256 g/mol. The summed E-state index contributed by atoms with van der Waals surface area (Å²) in [5, 5.41) is 2.41. The molecule has 0 aliphatic carbocycles. The minimum Gasteiger partial charge on any atom is -0.322 e. The fourth-order valence-corrected chi connectivity index (χ4v) is 1.70. The Labute approximate surface area is 108 Å². The molecule has 0 aliphatic rings. The van der Waals surface area contributed by atoms with Gasteiger partial charge in [0.05, 0.1) is 0 Å². The van der Waals surface area contributed by atoms with Crippen molar-refractivity contribution in [1.82, 2.24) is 0 Å². The first-order valence-corrected chi connectivity index (χ1v) is 5.56. The van der Waals surface area contributed by atoms with Crippen molar-refractivity contribution in [3.05, 3.63) is 59.7 Å². The van der Waals surface area contributed by atoms with Crippen LogP contribution in [0.2, 0.25) is 0 Å². The van der Waals surface area contributed by atoms with Crippen LogP contribution in [0.5, 0.6) is 0 Å². The number of carbonyl (C=O) groups excluding carboxylic acids is 1. The molecule has 0 saturated carbocycles. The molecule has 0 bridgehead atoms. The average Bonchev–Trinajstić information content (AvgIpc) is 2.27. The molecule has 92 valence electrons. The number of thiol groups is 1. The number of rotatable bonds is 2. The van der Waals surface area contributed by atoms with Crippen LogP contribution < -0.4 is 5.32 Å². The lowest BCUT2D eigenvalue weighted by molar-refractivity contribution is 0.102. The van der Waals surface area contributed by atoms with E-state index in [1.54, 1.807) is 24.3 Å². The molecule has 5 heteroatoms. The third-order valence-corrected chi connectivity index (χ3v) is 2.51. The maximum absolute atomic E-state index is 12.9. The largest absolute Gasteiger partial charge is 0.322 e. The molecule has 0 radical (unpaired) electrons. The first-order chi connectivity index (χ1) is 8.54. The van der Waals surface area contributed by atoms with Gasteiger partial charge in [-0.3, -0.25) is 4.79 Å². The number of anilines is 1. The summed E-state index contributed by atoms with van der Waals surface area (Å²) < 4.78 is 25.9. The molecule has 18 heavy (non-hydrogen) atoms. The molecule has 2 nitrogen and oxygen atoms in total. The summed E-state index contributed by atoms with van der Waals surface area (Å²) in [6, 6.07) is 9.38. The monoisotopic (exact) mass is 265 g/mol. The maximum Gasteiger partial charge on any atom is 0.255 e. The second kappa shape index (κ2) is 5.18. The van der Waals surface area contributed by atoms with E-state index >= 15 is 0 Å². The molecule has 2 rings (SSSR count). The van der Waals surface area contributed by atoms with Crippen LogP contribution in [0.4, 0.5) is 14.5 Å². The number of halogens is 2. The Bertz CT molecular complexity index is 581. The quantitative estimate of drug-likeness (QED) is 0.799. The van der Waals surface area contributed by atoms with E-state index in [0.717, 1.165) is 18.2 Å². The van der Waals surface area contributed by atoms with Gasteiger partial charge in [-0.2, -0.15) is 0 Å². The number of benzene rings is 2. The lowest BCUT2D eigenvalue weighted by Gasteiger charge is -2.06. The smallest absolute Gasteiger partial charge is 0.255 e. The molecule has 0 aromatic heterocycles. The predicted octanol–water partition coefficient (Wildman–Crippen LogP) is 3.51. The minimum atomic E-state index is -0.742. The highest BCUT2D eigenvalue weighted by atomic mass is 32.1. The van der Waals surface area contributed by atoms with Crippen LogP contribution in [-0.2, 0) is 0 Å². The Morgan fingerprint density at radius 2 is 1.72 bits per heavy atom. The van der Waals surface area contributed by atoms with Crippen LogP contribution in [0.1, 0.15) is 10.4 Å². The van der Waals surface area contributed by atoms with Crippen LogP contribution in [0.25, 0.3) is 0 Å². The molecule has 0 spiro atoms. The number of amides is 1. The highest BCUT2D eigenvalue weighted by Crippen LogP contribution is 2.15. The van der Waals surface area contributed by atoms with E-state index in [0.29, 0.717) is 10.5 Å². The minimum absolute atomic E-state index is 0.0714. The molecule has 0 saturated heterocycles. The highest BCUT2D eigenvalue weighted by molar-refractivity contribution is 7.80. The van der Waals surface area contributed by atoms with E-state index in [1.165, 1.54) is 0 Å². The predicted molar refractivity (Wildman–Crippen MR) is 68.0 cm³/mol. The van der Waals surface area contributed by atoms with Gasteiger partial charge in [0, 0.05) is 22.2 Å². The van der Waals surface area contributed by atoms with Gasteiger partial charge in [-0.1, -0.05) is 6.07 Å². The standard InChI is InChI=1S/C13H9F2NOS/c14-9-5-10(15)7-11(6-9)16-13(17)8-2-1-3-12(18)4-8/h1-7,18H,(H,16,17). The lowest BCUT2D eigenvalue weighted by atomic mass is 10.2. The Morgan fingerprint density at radius 3 is 2.33 bits per heavy atom. The van der Waals surface area contributed by atoms with Gasteiger partial charge in [-0.05, 0) is 30.3 Å². The molecule has 1 N–H and O–H groups in total. The zero-order valence-electron chi connectivity index (χ0n) is 9.15. The Balaban J connectivity index is 2.21. The van der Waals surface area contributed by atoms with E-state index in [4.69, 9.17) is 0 Å². The van der Waals surface area contributed by atoms with Crippen LogP contribution in [-0.4, -0.2) is 5.91 Å². The van der Waals surface area contributed by atoms with Crippen molar-refractivity contribution in [3.63, 3.8) is 0 Å². The van der Waals surface area contributed by atoms with Gasteiger partial charge >= 0.3 is 0 Å². The summed E-state index contributed by atoms with van der Waals surface area (Å²) in [7, 11) is 0. The number of hydrogen-bond donors (Lipinski definition) is 2. The zero-order valence-corrected chi connectivity index (χ0v) is 10.0. The van der Waals surface area contributed by atoms with E-state index in [1.807, 2.05) is 0 Å². The van der Waals surface area contributed by atoms with Crippen molar-refractivity contribution >= 4 is 24.2 Å². The van der Waals surface area contributed by atoms with E-state index < -0.39 is 17.5 Å². The van der Waals surface area contributed by atoms with Crippen molar-refractivity contribution in [2.75, 3.05) is 5.32 Å². The normalized spacial score (nSPS) is 10.2. The van der Waals surface area contributed by atoms with Gasteiger partial charge in [0.15, 0.2) is 0 Å². The Hall–Kier alpha value is -1.88. The molecule has 0 fully saturated rings. The Kier molecular flexibility index (Phi) is 3.62. The van der Waals surface area contributed by atoms with Crippen molar-refractivity contribution in [1.29, 1.82) is 0 Å². The zero-order chi connectivity index (χ0) is 13.1. The number of hydrogen-bond acceptors (Lipinski definition) is 2. The first kappa shape index (κ1) is 12.6. The van der Waals surface area contributed by atoms with Crippen LogP contribution in [0.15, 0.2) is 47.4 Å². The topological polar surface area (TPSA) is 29.1 Å². The Morgan fingerprint density at radius 1 is 1.06 bits per heavy atom. The third-order valence-electron chi connectivity index (χ3n) is 2.23. The second-order valence-electron chi connectivity index (χ2n) is 3.66. The van der Waals surface area contributed by atoms with Crippen LogP contribution in [0, 0.1) is 11.6 Å². The summed E-state index contributed by atoms with van der Waals surface area (Å²) >= 11 is 4.11. The summed E-state index contributed by atoms with van der Waals surface area (Å²) in [6.45, 7) is 0. The second-order valence-corrected chi connectivity index (χ2v) is 4.18. The van der Waals surface area contributed by atoms with Gasteiger partial charge in [0.2, 0.25) is 0 Å². The van der Waals surface area contributed by atoms with Gasteiger partial charge < -0.3 is 5.32 Å². The third kappa shape index (κ3) is 3.07. The van der Waals surface area contributed by atoms with E-state index in [9.17, 15) is 13.6 Å². The van der Waals surface area contributed by atoms with Gasteiger partial charge in [0.1, 0.15) is 11.6 Å². The van der Waals surface area contributed by atoms with E-state index in [-0.39, 0.29) is 5.69 Å². The molecule has 0 unspecified atom stereocenters. The van der Waals surface area contributed by atoms with Crippen LogP contribution >= 0.6 is 12.6 Å². The fourth-order valence-electron chi connectivity index (χ4n) is 1.48. The lowest BCUT2D eigenvalue weighted by Crippen LogP contribution is -2.12. The fraction of sp³-hybridized carbons (Fsp3) is 0. The van der Waals surface area contributed by atoms with Crippen LogP contribution in [0.3, 0.4) is 0 Å². The molecule has 2 aromatic carbocycles. The number of carbonyl (C=O) groups is 1. The maximum atomic E-state index is 12.9. The molecule has 0 heterocycles. The van der Waals surface area contributed by atoms with Gasteiger partial charge in [-0.15, -0.1) is 12.6 Å². The van der Waals surface area contributed by atoms with Gasteiger partial charge in [0.25, 0.3) is 5.91 Å². The highest BCUT2D eigenvalue weighted by Gasteiger charge is 2.08.